The Labute approximate surface area is 93.5 Å². The zero-order valence-corrected chi connectivity index (χ0v) is 9.27. The van der Waals surface area contributed by atoms with Crippen LogP contribution in [-0.4, -0.2) is 17.9 Å². The molecule has 0 aliphatic carbocycles. The van der Waals surface area contributed by atoms with E-state index in [0.717, 1.165) is 11.3 Å². The van der Waals surface area contributed by atoms with Crippen LogP contribution in [0, 0.1) is 6.92 Å². The summed E-state index contributed by atoms with van der Waals surface area (Å²) < 4.78 is 10.2. The number of hydrogen-bond acceptors (Lipinski definition) is 3. The molecule has 2 rings (SSSR count). The average molecular weight is 219 g/mol. The molecule has 0 saturated heterocycles. The lowest BCUT2D eigenvalue weighted by molar-refractivity contribution is 0.0753. The van der Waals surface area contributed by atoms with Crippen LogP contribution in [0.15, 0.2) is 39.6 Å². The van der Waals surface area contributed by atoms with Crippen LogP contribution >= 0.6 is 0 Å². The number of carbonyl (C=O) groups is 1. The Morgan fingerprint density at radius 1 is 1.31 bits per heavy atom. The van der Waals surface area contributed by atoms with Crippen molar-refractivity contribution in [1.82, 2.24) is 4.90 Å². The van der Waals surface area contributed by atoms with Gasteiger partial charge >= 0.3 is 0 Å². The molecule has 0 saturated carbocycles. The number of amides is 1. The Balaban J connectivity index is 2.07. The normalized spacial score (nSPS) is 10.4. The molecule has 0 N–H and O–H groups in total. The second-order valence-electron chi connectivity index (χ2n) is 3.64. The summed E-state index contributed by atoms with van der Waals surface area (Å²) in [4.78, 5) is 13.4. The van der Waals surface area contributed by atoms with Crippen molar-refractivity contribution in [1.29, 1.82) is 0 Å². The van der Waals surface area contributed by atoms with E-state index in [0.29, 0.717) is 12.3 Å². The summed E-state index contributed by atoms with van der Waals surface area (Å²) in [6.45, 7) is 2.39. The van der Waals surface area contributed by atoms with Crippen LogP contribution in [0.25, 0.3) is 0 Å². The molecule has 0 bridgehead atoms. The van der Waals surface area contributed by atoms with Gasteiger partial charge in [0.2, 0.25) is 0 Å². The predicted octanol–water partition coefficient (Wildman–Crippen LogP) is 2.45. The second-order valence-corrected chi connectivity index (χ2v) is 3.64. The average Bonchev–Trinajstić information content (AvgIpc) is 2.89. The molecule has 0 aliphatic heterocycles. The number of furan rings is 2. The molecule has 84 valence electrons. The fourth-order valence-corrected chi connectivity index (χ4v) is 1.49. The third-order valence-electron chi connectivity index (χ3n) is 2.45. The minimum absolute atomic E-state index is 0.134. The van der Waals surface area contributed by atoms with Gasteiger partial charge in [-0.25, -0.2) is 0 Å². The zero-order chi connectivity index (χ0) is 11.5. The summed E-state index contributed by atoms with van der Waals surface area (Å²) in [5.41, 5.74) is 1.00. The topological polar surface area (TPSA) is 46.6 Å². The highest BCUT2D eigenvalue weighted by molar-refractivity contribution is 5.91. The van der Waals surface area contributed by atoms with Gasteiger partial charge in [0.15, 0.2) is 5.76 Å². The molecular weight excluding hydrogens is 206 g/mol. The first kappa shape index (κ1) is 10.5. The summed E-state index contributed by atoms with van der Waals surface area (Å²) in [5, 5.41) is 0. The quantitative estimate of drug-likeness (QED) is 0.796. The van der Waals surface area contributed by atoms with Gasteiger partial charge in [-0.15, -0.1) is 0 Å². The molecule has 0 atom stereocenters. The molecule has 0 aromatic carbocycles. The lowest BCUT2D eigenvalue weighted by atomic mass is 10.2. The summed E-state index contributed by atoms with van der Waals surface area (Å²) in [6.07, 6.45) is 3.11. The highest BCUT2D eigenvalue weighted by atomic mass is 16.3. The maximum atomic E-state index is 11.8. The summed E-state index contributed by atoms with van der Waals surface area (Å²) in [5.74, 6) is 1.05. The SMILES string of the molecule is Cc1occc1CN(C)C(=O)c1ccco1. The largest absolute Gasteiger partial charge is 0.469 e. The highest BCUT2D eigenvalue weighted by Gasteiger charge is 2.15. The first-order valence-corrected chi connectivity index (χ1v) is 5.00. The Bertz CT molecular complexity index is 470. The highest BCUT2D eigenvalue weighted by Crippen LogP contribution is 2.13. The molecule has 2 aromatic heterocycles. The maximum Gasteiger partial charge on any atom is 0.289 e. The van der Waals surface area contributed by atoms with E-state index < -0.39 is 0 Å². The van der Waals surface area contributed by atoms with Crippen LogP contribution in [0.2, 0.25) is 0 Å². The fourth-order valence-electron chi connectivity index (χ4n) is 1.49. The molecule has 0 fully saturated rings. The molecule has 4 nitrogen and oxygen atoms in total. The van der Waals surface area contributed by atoms with Crippen LogP contribution < -0.4 is 0 Å². The zero-order valence-electron chi connectivity index (χ0n) is 9.27. The summed E-state index contributed by atoms with van der Waals surface area (Å²) in [7, 11) is 1.73. The van der Waals surface area contributed by atoms with Gasteiger partial charge in [0, 0.05) is 19.2 Å². The van der Waals surface area contributed by atoms with E-state index >= 15 is 0 Å². The van der Waals surface area contributed by atoms with Crippen molar-refractivity contribution in [2.24, 2.45) is 0 Å². The van der Waals surface area contributed by atoms with Crippen molar-refractivity contribution in [3.63, 3.8) is 0 Å². The van der Waals surface area contributed by atoms with Gasteiger partial charge in [0.1, 0.15) is 5.76 Å². The van der Waals surface area contributed by atoms with E-state index in [1.165, 1.54) is 6.26 Å². The molecule has 4 heteroatoms. The van der Waals surface area contributed by atoms with Crippen LogP contribution in [0.3, 0.4) is 0 Å². The number of aryl methyl sites for hydroxylation is 1. The smallest absolute Gasteiger partial charge is 0.289 e. The van der Waals surface area contributed by atoms with Gasteiger partial charge in [-0.05, 0) is 25.1 Å². The Morgan fingerprint density at radius 2 is 2.12 bits per heavy atom. The molecule has 0 spiro atoms. The van der Waals surface area contributed by atoms with Crippen molar-refractivity contribution in [3.8, 4) is 0 Å². The van der Waals surface area contributed by atoms with Crippen LogP contribution in [0.5, 0.6) is 0 Å². The van der Waals surface area contributed by atoms with E-state index in [9.17, 15) is 4.79 Å². The lowest BCUT2D eigenvalue weighted by Crippen LogP contribution is -2.25. The lowest BCUT2D eigenvalue weighted by Gasteiger charge is -2.14. The number of hydrogen-bond donors (Lipinski definition) is 0. The molecule has 0 unspecified atom stereocenters. The Morgan fingerprint density at radius 3 is 2.69 bits per heavy atom. The third kappa shape index (κ3) is 2.00. The van der Waals surface area contributed by atoms with Gasteiger partial charge in [0.25, 0.3) is 5.91 Å². The number of carbonyl (C=O) groups excluding carboxylic acids is 1. The van der Waals surface area contributed by atoms with E-state index in [-0.39, 0.29) is 5.91 Å². The van der Waals surface area contributed by atoms with Gasteiger partial charge in [0.05, 0.1) is 12.5 Å². The van der Waals surface area contributed by atoms with Crippen molar-refractivity contribution in [3.05, 3.63) is 47.8 Å². The number of rotatable bonds is 3. The van der Waals surface area contributed by atoms with E-state index in [1.54, 1.807) is 30.3 Å². The molecular formula is C12H13NO3. The summed E-state index contributed by atoms with van der Waals surface area (Å²) >= 11 is 0. The molecule has 2 heterocycles. The van der Waals surface area contributed by atoms with Gasteiger partial charge < -0.3 is 13.7 Å². The van der Waals surface area contributed by atoms with Gasteiger partial charge in [-0.2, -0.15) is 0 Å². The van der Waals surface area contributed by atoms with E-state index in [4.69, 9.17) is 8.83 Å². The third-order valence-corrected chi connectivity index (χ3v) is 2.45. The fraction of sp³-hybridized carbons (Fsp3) is 0.250. The number of nitrogens with zero attached hydrogens (tertiary/aromatic N) is 1. The van der Waals surface area contributed by atoms with Crippen molar-refractivity contribution >= 4 is 5.91 Å². The van der Waals surface area contributed by atoms with Crippen molar-refractivity contribution in [2.45, 2.75) is 13.5 Å². The molecule has 1 amide bonds. The van der Waals surface area contributed by atoms with Crippen molar-refractivity contribution < 1.29 is 13.6 Å². The first-order chi connectivity index (χ1) is 7.68. The first-order valence-electron chi connectivity index (χ1n) is 5.00. The monoisotopic (exact) mass is 219 g/mol. The standard InChI is InChI=1S/C12H13NO3/c1-9-10(5-7-15-9)8-13(2)12(14)11-4-3-6-16-11/h3-7H,8H2,1-2H3. The summed E-state index contributed by atoms with van der Waals surface area (Å²) in [6, 6.07) is 5.21. The Hall–Kier alpha value is -1.97. The minimum atomic E-state index is -0.134. The predicted molar refractivity (Wildman–Crippen MR) is 58.0 cm³/mol. The Kier molecular flexibility index (Phi) is 2.81. The second kappa shape index (κ2) is 4.26. The molecule has 16 heavy (non-hydrogen) atoms. The van der Waals surface area contributed by atoms with E-state index in [1.807, 2.05) is 13.0 Å². The maximum absolute atomic E-state index is 11.8. The van der Waals surface area contributed by atoms with Gasteiger partial charge in [-0.3, -0.25) is 4.79 Å². The van der Waals surface area contributed by atoms with Crippen LogP contribution in [0.1, 0.15) is 21.9 Å². The van der Waals surface area contributed by atoms with Crippen molar-refractivity contribution in [2.75, 3.05) is 7.05 Å². The molecule has 0 radical (unpaired) electrons. The molecule has 2 aromatic rings. The minimum Gasteiger partial charge on any atom is -0.469 e. The molecule has 0 aliphatic rings. The van der Waals surface area contributed by atoms with E-state index in [2.05, 4.69) is 0 Å². The van der Waals surface area contributed by atoms with Crippen LogP contribution in [0.4, 0.5) is 0 Å². The van der Waals surface area contributed by atoms with Gasteiger partial charge in [-0.1, -0.05) is 0 Å². The van der Waals surface area contributed by atoms with Crippen LogP contribution in [-0.2, 0) is 6.54 Å².